The molecule has 3 aromatic rings. The number of pyridine rings is 1. The molecule has 0 saturated carbocycles. The maximum Gasteiger partial charge on any atom is 0.238 e. The zero-order valence-electron chi connectivity index (χ0n) is 16.8. The average Bonchev–Trinajstić information content (AvgIpc) is 2.67. The van der Waals surface area contributed by atoms with Crippen LogP contribution in [0.4, 0.5) is 5.69 Å². The van der Waals surface area contributed by atoms with E-state index in [1.165, 1.54) is 5.56 Å². The molecule has 0 aliphatic heterocycles. The van der Waals surface area contributed by atoms with E-state index in [2.05, 4.69) is 50.4 Å². The molecule has 0 atom stereocenters. The van der Waals surface area contributed by atoms with Crippen LogP contribution in [-0.4, -0.2) is 17.4 Å². The van der Waals surface area contributed by atoms with Gasteiger partial charge in [0.25, 0.3) is 0 Å². The minimum Gasteiger partial charge on any atom is -0.326 e. The fourth-order valence-corrected chi connectivity index (χ4v) is 3.47. The first-order valence-corrected chi connectivity index (χ1v) is 9.65. The Morgan fingerprint density at radius 2 is 1.82 bits per heavy atom. The van der Waals surface area contributed by atoms with Gasteiger partial charge in [-0.1, -0.05) is 43.7 Å². The molecule has 5 nitrogen and oxygen atoms in total. The first kappa shape index (κ1) is 20.0. The van der Waals surface area contributed by atoms with Crippen molar-refractivity contribution in [2.24, 2.45) is 17.4 Å². The highest BCUT2D eigenvalue weighted by Gasteiger charge is 2.17. The monoisotopic (exact) mass is 376 g/mol. The van der Waals surface area contributed by atoms with Crippen LogP contribution < -0.4 is 16.8 Å². The van der Waals surface area contributed by atoms with Gasteiger partial charge in [-0.15, -0.1) is 0 Å². The van der Waals surface area contributed by atoms with Crippen LogP contribution in [0.2, 0.25) is 0 Å². The Labute approximate surface area is 166 Å². The second kappa shape index (κ2) is 8.50. The summed E-state index contributed by atoms with van der Waals surface area (Å²) in [4.78, 5) is 16.6. The van der Waals surface area contributed by atoms with E-state index in [1.807, 2.05) is 18.2 Å². The van der Waals surface area contributed by atoms with E-state index < -0.39 is 0 Å². The topological polar surface area (TPSA) is 94.0 Å². The van der Waals surface area contributed by atoms with Crippen LogP contribution in [0.25, 0.3) is 22.0 Å². The fourth-order valence-electron chi connectivity index (χ4n) is 3.47. The Balaban J connectivity index is 2.29. The number of fused-ring (bicyclic) bond motifs is 1. The van der Waals surface area contributed by atoms with Gasteiger partial charge in [-0.2, -0.15) is 0 Å². The molecule has 0 saturated heterocycles. The van der Waals surface area contributed by atoms with E-state index in [4.69, 9.17) is 16.5 Å². The summed E-state index contributed by atoms with van der Waals surface area (Å²) < 4.78 is 0. The Morgan fingerprint density at radius 3 is 2.43 bits per heavy atom. The number of nitrogens with two attached hydrogens (primary N) is 2. The number of aromatic nitrogens is 1. The quantitative estimate of drug-likeness (QED) is 0.610. The molecule has 5 N–H and O–H groups in total. The Hall–Kier alpha value is -2.76. The van der Waals surface area contributed by atoms with Crippen molar-refractivity contribution in [3.63, 3.8) is 0 Å². The summed E-state index contributed by atoms with van der Waals surface area (Å²) in [6, 6.07) is 14.2. The van der Waals surface area contributed by atoms with Crippen LogP contribution in [0.5, 0.6) is 0 Å². The lowest BCUT2D eigenvalue weighted by atomic mass is 9.91. The SMILES string of the molecule is Cc1ccc(-c2c(CN)c(CC(C)C)nc3ccc(NC(=O)CN)cc23)cc1. The van der Waals surface area contributed by atoms with Crippen molar-refractivity contribution in [1.82, 2.24) is 4.98 Å². The maximum atomic E-state index is 11.7. The molecule has 2 aromatic carbocycles. The maximum absolute atomic E-state index is 11.7. The predicted molar refractivity (Wildman–Crippen MR) is 116 cm³/mol. The van der Waals surface area contributed by atoms with Crippen molar-refractivity contribution in [3.05, 3.63) is 59.3 Å². The number of hydrogen-bond acceptors (Lipinski definition) is 4. The number of anilines is 1. The molecule has 0 bridgehead atoms. The largest absolute Gasteiger partial charge is 0.326 e. The van der Waals surface area contributed by atoms with Gasteiger partial charge >= 0.3 is 0 Å². The third-order valence-electron chi connectivity index (χ3n) is 4.79. The molecule has 1 amide bonds. The summed E-state index contributed by atoms with van der Waals surface area (Å²) in [5, 5.41) is 3.81. The molecule has 0 fully saturated rings. The Morgan fingerprint density at radius 1 is 1.11 bits per heavy atom. The van der Waals surface area contributed by atoms with Gasteiger partial charge in [-0.3, -0.25) is 9.78 Å². The van der Waals surface area contributed by atoms with E-state index in [9.17, 15) is 4.79 Å². The van der Waals surface area contributed by atoms with Crippen LogP contribution in [-0.2, 0) is 17.8 Å². The number of nitrogens with one attached hydrogen (secondary N) is 1. The number of carbonyl (C=O) groups is 1. The lowest BCUT2D eigenvalue weighted by Crippen LogP contribution is -2.21. The number of carbonyl (C=O) groups excluding carboxylic acids is 1. The van der Waals surface area contributed by atoms with Gasteiger partial charge in [0.15, 0.2) is 0 Å². The molecular weight excluding hydrogens is 348 g/mol. The zero-order chi connectivity index (χ0) is 20.3. The van der Waals surface area contributed by atoms with Crippen molar-refractivity contribution < 1.29 is 4.79 Å². The molecule has 0 aliphatic rings. The summed E-state index contributed by atoms with van der Waals surface area (Å²) >= 11 is 0. The number of aryl methyl sites for hydroxylation is 1. The fraction of sp³-hybridized carbons (Fsp3) is 0.304. The molecule has 0 spiro atoms. The van der Waals surface area contributed by atoms with E-state index in [1.54, 1.807) is 0 Å². The lowest BCUT2D eigenvalue weighted by molar-refractivity contribution is -0.114. The van der Waals surface area contributed by atoms with Crippen LogP contribution >= 0.6 is 0 Å². The molecule has 0 aliphatic carbocycles. The second-order valence-electron chi connectivity index (χ2n) is 7.56. The van der Waals surface area contributed by atoms with Gasteiger partial charge in [0.2, 0.25) is 5.91 Å². The van der Waals surface area contributed by atoms with E-state index in [0.717, 1.165) is 39.7 Å². The molecule has 0 radical (unpaired) electrons. The Bertz CT molecular complexity index is 994. The van der Waals surface area contributed by atoms with E-state index in [-0.39, 0.29) is 12.5 Å². The van der Waals surface area contributed by atoms with Crippen molar-refractivity contribution >= 4 is 22.5 Å². The normalized spacial score (nSPS) is 11.2. The highest BCUT2D eigenvalue weighted by Crippen LogP contribution is 2.35. The summed E-state index contributed by atoms with van der Waals surface area (Å²) in [5.74, 6) is 0.254. The summed E-state index contributed by atoms with van der Waals surface area (Å²) in [6.45, 7) is 6.80. The molecule has 28 heavy (non-hydrogen) atoms. The summed E-state index contributed by atoms with van der Waals surface area (Å²) in [5.41, 5.74) is 18.7. The number of nitrogens with zero attached hydrogens (tertiary/aromatic N) is 1. The molecule has 0 unspecified atom stereocenters. The minimum absolute atomic E-state index is 0.0531. The first-order chi connectivity index (χ1) is 13.4. The van der Waals surface area contributed by atoms with Crippen LogP contribution in [0, 0.1) is 12.8 Å². The molecule has 3 rings (SSSR count). The molecule has 1 aromatic heterocycles. The summed E-state index contributed by atoms with van der Waals surface area (Å²) in [7, 11) is 0. The highest BCUT2D eigenvalue weighted by molar-refractivity contribution is 6.01. The van der Waals surface area contributed by atoms with Gasteiger partial charge in [-0.25, -0.2) is 0 Å². The van der Waals surface area contributed by atoms with Gasteiger partial charge in [0.05, 0.1) is 12.1 Å². The Kier molecular flexibility index (Phi) is 6.07. The third kappa shape index (κ3) is 4.21. The molecule has 5 heteroatoms. The lowest BCUT2D eigenvalue weighted by Gasteiger charge is -2.18. The smallest absolute Gasteiger partial charge is 0.238 e. The number of benzene rings is 2. The van der Waals surface area contributed by atoms with Crippen molar-refractivity contribution in [2.75, 3.05) is 11.9 Å². The minimum atomic E-state index is -0.223. The summed E-state index contributed by atoms with van der Waals surface area (Å²) in [6.07, 6.45) is 0.868. The second-order valence-corrected chi connectivity index (χ2v) is 7.56. The van der Waals surface area contributed by atoms with E-state index >= 15 is 0 Å². The van der Waals surface area contributed by atoms with E-state index in [0.29, 0.717) is 18.2 Å². The predicted octanol–water partition coefficient (Wildman–Crippen LogP) is 3.76. The molecule has 1 heterocycles. The van der Waals surface area contributed by atoms with Crippen LogP contribution in [0.1, 0.15) is 30.7 Å². The average molecular weight is 377 g/mol. The van der Waals surface area contributed by atoms with Gasteiger partial charge in [0.1, 0.15) is 0 Å². The highest BCUT2D eigenvalue weighted by atomic mass is 16.1. The van der Waals surface area contributed by atoms with Gasteiger partial charge in [-0.05, 0) is 54.2 Å². The number of amides is 1. The standard InChI is InChI=1S/C23H28N4O/c1-14(2)10-21-19(12-24)23(16-6-4-15(3)5-7-16)18-11-17(26-22(28)13-25)8-9-20(18)27-21/h4-9,11,14H,10,12-13,24-25H2,1-3H3,(H,26,28). The van der Waals surface area contributed by atoms with Crippen molar-refractivity contribution in [1.29, 1.82) is 0 Å². The van der Waals surface area contributed by atoms with Crippen molar-refractivity contribution in [2.45, 2.75) is 33.7 Å². The number of rotatable bonds is 6. The van der Waals surface area contributed by atoms with Gasteiger partial charge < -0.3 is 16.8 Å². The van der Waals surface area contributed by atoms with Crippen molar-refractivity contribution in [3.8, 4) is 11.1 Å². The van der Waals surface area contributed by atoms with Gasteiger partial charge in [0, 0.05) is 23.3 Å². The number of hydrogen-bond donors (Lipinski definition) is 3. The van der Waals surface area contributed by atoms with Crippen LogP contribution in [0.15, 0.2) is 42.5 Å². The molecular formula is C23H28N4O. The molecule has 146 valence electrons. The van der Waals surface area contributed by atoms with Crippen LogP contribution in [0.3, 0.4) is 0 Å². The zero-order valence-corrected chi connectivity index (χ0v) is 16.8. The third-order valence-corrected chi connectivity index (χ3v) is 4.79. The first-order valence-electron chi connectivity index (χ1n) is 9.65.